The fourth-order valence-corrected chi connectivity index (χ4v) is 1.81. The van der Waals surface area contributed by atoms with E-state index >= 15 is 0 Å². The molecule has 0 bridgehead atoms. The fourth-order valence-electron chi connectivity index (χ4n) is 1.81. The Kier molecular flexibility index (Phi) is 2.64. The number of hydrogen-bond acceptors (Lipinski definition) is 4. The zero-order valence-corrected chi connectivity index (χ0v) is 9.18. The van der Waals surface area contributed by atoms with Crippen LogP contribution in [-0.4, -0.2) is 4.68 Å². The quantitative estimate of drug-likeness (QED) is 0.443. The largest absolute Gasteiger partial charge is 0.336 e. The summed E-state index contributed by atoms with van der Waals surface area (Å²) in [6.45, 7) is 2.07. The van der Waals surface area contributed by atoms with E-state index in [0.717, 1.165) is 24.1 Å². The van der Waals surface area contributed by atoms with Gasteiger partial charge in [-0.1, -0.05) is 5.22 Å². The van der Waals surface area contributed by atoms with E-state index in [1.807, 2.05) is 13.0 Å². The van der Waals surface area contributed by atoms with E-state index in [4.69, 9.17) is 11.7 Å². The van der Waals surface area contributed by atoms with Crippen LogP contribution in [0.3, 0.4) is 0 Å². The monoisotopic (exact) mass is 221 g/mol. The van der Waals surface area contributed by atoms with Crippen molar-refractivity contribution in [1.29, 1.82) is 0 Å². The third kappa shape index (κ3) is 1.78. The number of hydrogen-bond donors (Lipinski definition) is 2. The number of nitrogens with two attached hydrogens (primary N) is 2. The SMILES string of the molecule is Cc1cc(C2CC2)n(N)c(=O)c1CN=NN. The third-order valence-corrected chi connectivity index (χ3v) is 2.90. The maximum atomic E-state index is 11.9. The Labute approximate surface area is 92.9 Å². The molecule has 0 aromatic carbocycles. The van der Waals surface area contributed by atoms with Crippen molar-refractivity contribution in [2.75, 3.05) is 5.84 Å². The molecule has 1 saturated carbocycles. The van der Waals surface area contributed by atoms with Gasteiger partial charge < -0.3 is 11.7 Å². The molecular formula is C10H15N5O. The molecule has 0 unspecified atom stereocenters. The number of nitrogens with zero attached hydrogens (tertiary/aromatic N) is 3. The summed E-state index contributed by atoms with van der Waals surface area (Å²) in [4.78, 5) is 11.9. The van der Waals surface area contributed by atoms with Crippen LogP contribution >= 0.6 is 0 Å². The molecule has 0 saturated heterocycles. The lowest BCUT2D eigenvalue weighted by molar-refractivity contribution is 0.785. The molecule has 1 heterocycles. The average molecular weight is 221 g/mol. The van der Waals surface area contributed by atoms with E-state index in [0.29, 0.717) is 11.5 Å². The molecule has 0 radical (unpaired) electrons. The van der Waals surface area contributed by atoms with Gasteiger partial charge in [0, 0.05) is 17.2 Å². The first kappa shape index (κ1) is 10.7. The van der Waals surface area contributed by atoms with E-state index < -0.39 is 0 Å². The predicted molar refractivity (Wildman–Crippen MR) is 60.3 cm³/mol. The molecule has 0 amide bonds. The Hall–Kier alpha value is -1.85. The average Bonchev–Trinajstić information content (AvgIpc) is 3.07. The summed E-state index contributed by atoms with van der Waals surface area (Å²) in [7, 11) is 0. The standard InChI is InChI=1S/C10H15N5O/c1-6-4-9(7-2-3-7)15(12)10(16)8(6)5-13-14-11/h4,7H,2-3,5,12H2,1H3,(H2,11,13). The van der Waals surface area contributed by atoms with Crippen molar-refractivity contribution in [3.8, 4) is 0 Å². The molecule has 6 nitrogen and oxygen atoms in total. The van der Waals surface area contributed by atoms with Crippen molar-refractivity contribution >= 4 is 0 Å². The first-order valence-electron chi connectivity index (χ1n) is 5.22. The van der Waals surface area contributed by atoms with Gasteiger partial charge in [0.05, 0.1) is 6.54 Å². The molecule has 1 aliphatic rings. The van der Waals surface area contributed by atoms with Gasteiger partial charge in [-0.05, 0) is 31.4 Å². The number of nitrogen functional groups attached to an aromatic ring is 1. The Morgan fingerprint density at radius 1 is 1.56 bits per heavy atom. The molecule has 2 rings (SSSR count). The van der Waals surface area contributed by atoms with Crippen molar-refractivity contribution < 1.29 is 0 Å². The molecule has 1 fully saturated rings. The van der Waals surface area contributed by atoms with Crippen LogP contribution in [0, 0.1) is 6.92 Å². The Bertz CT molecular complexity index is 487. The van der Waals surface area contributed by atoms with Crippen molar-refractivity contribution in [3.05, 3.63) is 33.2 Å². The molecule has 0 spiro atoms. The van der Waals surface area contributed by atoms with Gasteiger partial charge in [0.1, 0.15) is 0 Å². The highest BCUT2D eigenvalue weighted by molar-refractivity contribution is 5.30. The summed E-state index contributed by atoms with van der Waals surface area (Å²) < 4.78 is 1.23. The van der Waals surface area contributed by atoms with Gasteiger partial charge in [0.25, 0.3) is 5.56 Å². The first-order valence-corrected chi connectivity index (χ1v) is 5.22. The molecule has 16 heavy (non-hydrogen) atoms. The first-order chi connectivity index (χ1) is 7.65. The van der Waals surface area contributed by atoms with E-state index in [2.05, 4.69) is 10.3 Å². The molecule has 0 atom stereocenters. The van der Waals surface area contributed by atoms with Crippen molar-refractivity contribution in [2.24, 2.45) is 16.2 Å². The predicted octanol–water partition coefficient (Wildman–Crippen LogP) is 0.574. The second-order valence-electron chi connectivity index (χ2n) is 4.10. The minimum absolute atomic E-state index is 0.184. The highest BCUT2D eigenvalue weighted by atomic mass is 16.1. The van der Waals surface area contributed by atoms with Crippen LogP contribution in [0.1, 0.15) is 35.6 Å². The van der Waals surface area contributed by atoms with Crippen LogP contribution in [0.15, 0.2) is 21.2 Å². The van der Waals surface area contributed by atoms with Crippen LogP contribution in [-0.2, 0) is 6.54 Å². The Morgan fingerprint density at radius 2 is 2.25 bits per heavy atom. The van der Waals surface area contributed by atoms with Gasteiger partial charge in [-0.3, -0.25) is 4.79 Å². The van der Waals surface area contributed by atoms with E-state index in [9.17, 15) is 4.79 Å². The topological polar surface area (TPSA) is 98.8 Å². The van der Waals surface area contributed by atoms with Crippen LogP contribution < -0.4 is 17.2 Å². The van der Waals surface area contributed by atoms with Gasteiger partial charge in [0.15, 0.2) is 0 Å². The maximum Gasteiger partial charge on any atom is 0.274 e. The Morgan fingerprint density at radius 3 is 2.81 bits per heavy atom. The highest BCUT2D eigenvalue weighted by Crippen LogP contribution is 2.39. The summed E-state index contributed by atoms with van der Waals surface area (Å²) in [5.41, 5.74) is 2.17. The molecular weight excluding hydrogens is 206 g/mol. The summed E-state index contributed by atoms with van der Waals surface area (Å²) >= 11 is 0. The lowest BCUT2D eigenvalue weighted by Crippen LogP contribution is -2.33. The van der Waals surface area contributed by atoms with Gasteiger partial charge in [-0.2, -0.15) is 5.11 Å². The van der Waals surface area contributed by atoms with E-state index in [1.54, 1.807) is 0 Å². The van der Waals surface area contributed by atoms with Gasteiger partial charge in [-0.15, -0.1) is 0 Å². The molecule has 86 valence electrons. The minimum atomic E-state index is -0.200. The summed E-state index contributed by atoms with van der Waals surface area (Å²) in [5.74, 6) is 11.1. The lowest BCUT2D eigenvalue weighted by Gasteiger charge is -2.10. The van der Waals surface area contributed by atoms with Crippen LogP contribution in [0.25, 0.3) is 0 Å². The van der Waals surface area contributed by atoms with Crippen LogP contribution in [0.2, 0.25) is 0 Å². The highest BCUT2D eigenvalue weighted by Gasteiger charge is 2.27. The minimum Gasteiger partial charge on any atom is -0.336 e. The van der Waals surface area contributed by atoms with Crippen molar-refractivity contribution in [1.82, 2.24) is 4.68 Å². The fraction of sp³-hybridized carbons (Fsp3) is 0.500. The molecule has 1 aromatic rings. The third-order valence-electron chi connectivity index (χ3n) is 2.90. The summed E-state index contributed by atoms with van der Waals surface area (Å²) in [6, 6.07) is 1.96. The summed E-state index contributed by atoms with van der Waals surface area (Å²) in [5, 5.41) is 6.78. The molecule has 1 aliphatic carbocycles. The lowest BCUT2D eigenvalue weighted by atomic mass is 10.1. The smallest absolute Gasteiger partial charge is 0.274 e. The normalized spacial score (nSPS) is 15.8. The Balaban J connectivity index is 2.47. The second kappa shape index (κ2) is 3.96. The number of aryl methyl sites for hydroxylation is 1. The molecule has 0 aliphatic heterocycles. The van der Waals surface area contributed by atoms with E-state index in [1.165, 1.54) is 4.68 Å². The zero-order valence-electron chi connectivity index (χ0n) is 9.18. The zero-order chi connectivity index (χ0) is 11.7. The van der Waals surface area contributed by atoms with E-state index in [-0.39, 0.29) is 12.1 Å². The summed E-state index contributed by atoms with van der Waals surface area (Å²) in [6.07, 6.45) is 2.22. The molecule has 6 heteroatoms. The van der Waals surface area contributed by atoms with Crippen LogP contribution in [0.4, 0.5) is 0 Å². The van der Waals surface area contributed by atoms with Gasteiger partial charge >= 0.3 is 0 Å². The molecule has 4 N–H and O–H groups in total. The van der Waals surface area contributed by atoms with Crippen molar-refractivity contribution in [2.45, 2.75) is 32.2 Å². The second-order valence-corrected chi connectivity index (χ2v) is 4.10. The maximum absolute atomic E-state index is 11.9. The number of rotatable bonds is 3. The van der Waals surface area contributed by atoms with Crippen molar-refractivity contribution in [3.63, 3.8) is 0 Å². The molecule has 1 aromatic heterocycles. The number of pyridine rings is 1. The van der Waals surface area contributed by atoms with Gasteiger partial charge in [-0.25, -0.2) is 4.68 Å². The van der Waals surface area contributed by atoms with Crippen LogP contribution in [0.5, 0.6) is 0 Å². The van der Waals surface area contributed by atoms with Gasteiger partial charge in [0.2, 0.25) is 0 Å². The number of aromatic nitrogens is 1.